The van der Waals surface area contributed by atoms with Crippen molar-refractivity contribution in [3.05, 3.63) is 66.2 Å². The summed E-state index contributed by atoms with van der Waals surface area (Å²) in [5, 5.41) is 0. The Balaban J connectivity index is 1.59. The molecule has 0 unspecified atom stereocenters. The molecule has 8 nitrogen and oxygen atoms in total. The molecule has 0 saturated carbocycles. The van der Waals surface area contributed by atoms with Gasteiger partial charge in [0.25, 0.3) is 5.91 Å². The summed E-state index contributed by atoms with van der Waals surface area (Å²) < 4.78 is 3.87. The van der Waals surface area contributed by atoms with E-state index in [2.05, 4.69) is 34.1 Å². The minimum atomic E-state index is 0.125. The van der Waals surface area contributed by atoms with E-state index in [0.29, 0.717) is 19.6 Å². The quantitative estimate of drug-likeness (QED) is 0.457. The first-order chi connectivity index (χ1) is 16.3. The predicted molar refractivity (Wildman–Crippen MR) is 138 cm³/mol. The van der Waals surface area contributed by atoms with Gasteiger partial charge in [-0.2, -0.15) is 0 Å². The molecule has 4 N–H and O–H groups in total. The number of benzene rings is 2. The minimum absolute atomic E-state index is 0.125. The fourth-order valence-corrected chi connectivity index (χ4v) is 4.39. The molecule has 180 valence electrons. The predicted octanol–water partition coefficient (Wildman–Crippen LogP) is 1.95. The number of imidazole rings is 1. The molecule has 0 spiro atoms. The van der Waals surface area contributed by atoms with Gasteiger partial charge < -0.3 is 26.2 Å². The average Bonchev–Trinajstić information content (AvgIpc) is 3.25. The number of carbonyl (C=O) groups excluding carboxylic acids is 1. The normalized spacial score (nSPS) is 15.1. The highest BCUT2D eigenvalue weighted by atomic mass is 16.2. The second-order valence-electron chi connectivity index (χ2n) is 9.19. The number of nitrogen functional groups attached to an aromatic ring is 2. The standard InChI is InChI=1S/C26H36N7O/c1-20-16-22(4-6-24(20)27)31-10-11-32(23-5-7-25(28)21(2)17-23)13-15-33(14-12-31)26(34)18-30-9-8-29(3)19-30/h4-9,16-17,19H,10-15,18,27-28H2,1-3H3/q+1. The Hall–Kier alpha value is -3.68. The van der Waals surface area contributed by atoms with Crippen molar-refractivity contribution >= 4 is 28.7 Å². The highest BCUT2D eigenvalue weighted by molar-refractivity contribution is 5.76. The van der Waals surface area contributed by atoms with Crippen molar-refractivity contribution in [1.82, 2.24) is 9.47 Å². The van der Waals surface area contributed by atoms with Crippen LogP contribution in [-0.4, -0.2) is 54.6 Å². The third kappa shape index (κ3) is 5.44. The second-order valence-corrected chi connectivity index (χ2v) is 9.19. The van der Waals surface area contributed by atoms with Crippen molar-refractivity contribution in [2.24, 2.45) is 7.05 Å². The maximum atomic E-state index is 13.3. The lowest BCUT2D eigenvalue weighted by molar-refractivity contribution is -0.671. The molecule has 2 heterocycles. The highest BCUT2D eigenvalue weighted by Crippen LogP contribution is 2.24. The lowest BCUT2D eigenvalue weighted by Gasteiger charge is -2.29. The third-order valence-electron chi connectivity index (χ3n) is 6.65. The van der Waals surface area contributed by atoms with Crippen LogP contribution >= 0.6 is 0 Å². The average molecular weight is 463 g/mol. The first-order valence-corrected chi connectivity index (χ1v) is 11.8. The van der Waals surface area contributed by atoms with Crippen molar-refractivity contribution in [1.29, 1.82) is 0 Å². The van der Waals surface area contributed by atoms with Crippen LogP contribution in [0.2, 0.25) is 0 Å². The van der Waals surface area contributed by atoms with Gasteiger partial charge in [0.05, 0.1) is 7.05 Å². The van der Waals surface area contributed by atoms with Gasteiger partial charge >= 0.3 is 0 Å². The maximum absolute atomic E-state index is 13.3. The molecule has 34 heavy (non-hydrogen) atoms. The molecule has 1 saturated heterocycles. The molecule has 0 bridgehead atoms. The van der Waals surface area contributed by atoms with E-state index in [0.717, 1.165) is 60.1 Å². The van der Waals surface area contributed by atoms with E-state index >= 15 is 0 Å². The van der Waals surface area contributed by atoms with Crippen LogP contribution in [0.4, 0.5) is 22.7 Å². The van der Waals surface area contributed by atoms with Gasteiger partial charge in [-0.15, -0.1) is 0 Å². The maximum Gasteiger partial charge on any atom is 0.264 e. The third-order valence-corrected chi connectivity index (χ3v) is 6.65. The number of aromatic nitrogens is 2. The first-order valence-electron chi connectivity index (χ1n) is 11.8. The Bertz CT molecular complexity index is 1090. The Kier molecular flexibility index (Phi) is 6.95. The Morgan fingerprint density at radius 1 is 0.853 bits per heavy atom. The summed E-state index contributed by atoms with van der Waals surface area (Å²) in [7, 11) is 1.96. The molecule has 0 atom stereocenters. The zero-order valence-electron chi connectivity index (χ0n) is 20.4. The van der Waals surface area contributed by atoms with E-state index in [-0.39, 0.29) is 5.91 Å². The van der Waals surface area contributed by atoms with E-state index in [1.54, 1.807) is 0 Å². The summed E-state index contributed by atoms with van der Waals surface area (Å²) in [6.07, 6.45) is 5.81. The molecule has 0 radical (unpaired) electrons. The van der Waals surface area contributed by atoms with Crippen LogP contribution in [0.1, 0.15) is 11.1 Å². The zero-order chi connectivity index (χ0) is 24.2. The summed E-state index contributed by atoms with van der Waals surface area (Å²) in [6.45, 7) is 8.98. The van der Waals surface area contributed by atoms with Gasteiger partial charge in [-0.05, 0) is 61.4 Å². The first kappa shape index (κ1) is 23.5. The van der Waals surface area contributed by atoms with E-state index in [4.69, 9.17) is 11.5 Å². The summed E-state index contributed by atoms with van der Waals surface area (Å²) in [4.78, 5) is 20.0. The number of hydrogen-bond acceptors (Lipinski definition) is 5. The van der Waals surface area contributed by atoms with Gasteiger partial charge in [0.2, 0.25) is 6.33 Å². The van der Waals surface area contributed by atoms with Gasteiger partial charge in [-0.1, -0.05) is 0 Å². The molecule has 4 rings (SSSR count). The van der Waals surface area contributed by atoms with Crippen molar-refractivity contribution in [2.75, 3.05) is 60.5 Å². The number of amides is 1. The zero-order valence-corrected chi connectivity index (χ0v) is 20.4. The fraction of sp³-hybridized carbons (Fsp3) is 0.385. The molecular weight excluding hydrogens is 426 g/mol. The second kappa shape index (κ2) is 10.1. The number of nitrogens with zero attached hydrogens (tertiary/aromatic N) is 5. The van der Waals surface area contributed by atoms with Crippen LogP contribution in [0.5, 0.6) is 0 Å². The van der Waals surface area contributed by atoms with Crippen LogP contribution in [0, 0.1) is 13.8 Å². The lowest BCUT2D eigenvalue weighted by Crippen LogP contribution is -2.41. The smallest absolute Gasteiger partial charge is 0.264 e. The topological polar surface area (TPSA) is 87.6 Å². The summed E-state index contributed by atoms with van der Waals surface area (Å²) in [6, 6.07) is 12.3. The van der Waals surface area contributed by atoms with Gasteiger partial charge in [-0.3, -0.25) is 4.79 Å². The van der Waals surface area contributed by atoms with Gasteiger partial charge in [0, 0.05) is 62.0 Å². The van der Waals surface area contributed by atoms with Crippen molar-refractivity contribution in [3.63, 3.8) is 0 Å². The monoisotopic (exact) mass is 462 g/mol. The van der Waals surface area contributed by atoms with E-state index < -0.39 is 0 Å². The van der Waals surface area contributed by atoms with Crippen molar-refractivity contribution in [2.45, 2.75) is 20.4 Å². The SMILES string of the molecule is Cc1cc(N2CCN(C(=O)Cn3cc[n+](C)c3)CCN(c3ccc(N)c(C)c3)CC2)ccc1N. The molecule has 1 aliphatic heterocycles. The number of aryl methyl sites for hydroxylation is 3. The number of rotatable bonds is 4. The van der Waals surface area contributed by atoms with Gasteiger partial charge in [0.1, 0.15) is 12.4 Å². The summed E-state index contributed by atoms with van der Waals surface area (Å²) in [5.41, 5.74) is 18.1. The van der Waals surface area contributed by atoms with Gasteiger partial charge in [-0.25, -0.2) is 9.13 Å². The van der Waals surface area contributed by atoms with Crippen LogP contribution < -0.4 is 25.8 Å². The summed E-state index contributed by atoms with van der Waals surface area (Å²) >= 11 is 0. The number of anilines is 4. The summed E-state index contributed by atoms with van der Waals surface area (Å²) in [5.74, 6) is 0.125. The molecule has 1 amide bonds. The van der Waals surface area contributed by atoms with Crippen molar-refractivity contribution < 1.29 is 9.36 Å². The van der Waals surface area contributed by atoms with E-state index in [9.17, 15) is 4.79 Å². The van der Waals surface area contributed by atoms with Crippen molar-refractivity contribution in [3.8, 4) is 0 Å². The van der Waals surface area contributed by atoms with Crippen LogP contribution in [0.15, 0.2) is 55.1 Å². The highest BCUT2D eigenvalue weighted by Gasteiger charge is 2.22. The van der Waals surface area contributed by atoms with Crippen LogP contribution in [-0.2, 0) is 18.4 Å². The van der Waals surface area contributed by atoms with E-state index in [1.807, 2.05) is 65.8 Å². The van der Waals surface area contributed by atoms with Gasteiger partial charge in [0.15, 0.2) is 6.54 Å². The number of nitrogens with two attached hydrogens (primary N) is 2. The number of hydrogen-bond donors (Lipinski definition) is 2. The molecule has 8 heteroatoms. The van der Waals surface area contributed by atoms with E-state index in [1.165, 1.54) is 0 Å². The molecule has 3 aromatic rings. The van der Waals surface area contributed by atoms with Crippen LogP contribution in [0.3, 0.4) is 0 Å². The molecule has 0 aliphatic carbocycles. The van der Waals surface area contributed by atoms with Crippen LogP contribution in [0.25, 0.3) is 0 Å². The fourth-order valence-electron chi connectivity index (χ4n) is 4.39. The Morgan fingerprint density at radius 3 is 1.79 bits per heavy atom. The molecule has 1 fully saturated rings. The lowest BCUT2D eigenvalue weighted by atomic mass is 10.1. The molecular formula is C26H36N7O+. The largest absolute Gasteiger partial charge is 0.399 e. The Labute approximate surface area is 202 Å². The molecule has 1 aromatic heterocycles. The Morgan fingerprint density at radius 2 is 1.35 bits per heavy atom. The number of carbonyl (C=O) groups is 1. The molecule has 1 aliphatic rings. The molecule has 2 aromatic carbocycles. The minimum Gasteiger partial charge on any atom is -0.399 e.